The lowest BCUT2D eigenvalue weighted by atomic mass is 10.1. The molecule has 1 aromatic carbocycles. The first kappa shape index (κ1) is 16.1. The number of hydrogen-bond donors (Lipinski definition) is 2. The Balaban J connectivity index is 1.43. The Morgan fingerprint density at radius 1 is 1.35 bits per heavy atom. The van der Waals surface area contributed by atoms with Crippen molar-refractivity contribution < 1.29 is 9.32 Å². The largest absolute Gasteiger partial charge is 0.361 e. The number of fused-ring (bicyclic) bond motifs is 1. The van der Waals surface area contributed by atoms with E-state index in [1.165, 1.54) is 11.1 Å². The third-order valence-electron chi connectivity index (χ3n) is 4.05. The lowest BCUT2D eigenvalue weighted by Crippen LogP contribution is -2.24. The predicted molar refractivity (Wildman–Crippen MR) is 91.0 cm³/mol. The molecule has 0 radical (unpaired) electrons. The molecule has 122 valence electrons. The fraction of sp³-hybridized carbons (Fsp3) is 0.412. The molecule has 1 aliphatic rings. The number of carbonyl (C=O) groups excluding carboxylic acids is 1. The summed E-state index contributed by atoms with van der Waals surface area (Å²) in [6, 6.07) is 6.40. The van der Waals surface area contributed by atoms with Crippen molar-refractivity contribution in [3.63, 3.8) is 0 Å². The van der Waals surface area contributed by atoms with Gasteiger partial charge in [-0.2, -0.15) is 0 Å². The van der Waals surface area contributed by atoms with E-state index in [0.717, 1.165) is 41.4 Å². The highest BCUT2D eigenvalue weighted by Crippen LogP contribution is 2.19. The van der Waals surface area contributed by atoms with Crippen LogP contribution in [0.25, 0.3) is 0 Å². The Bertz CT molecular complexity index is 692. The number of hydrogen-bond acceptors (Lipinski definition) is 5. The molecule has 1 aliphatic heterocycles. The Morgan fingerprint density at radius 2 is 2.17 bits per heavy atom. The van der Waals surface area contributed by atoms with Crippen molar-refractivity contribution in [2.24, 2.45) is 0 Å². The van der Waals surface area contributed by atoms with Crippen molar-refractivity contribution in [3.8, 4) is 0 Å². The second-order valence-corrected chi connectivity index (χ2v) is 6.76. The highest BCUT2D eigenvalue weighted by atomic mass is 32.2. The van der Waals surface area contributed by atoms with E-state index in [-0.39, 0.29) is 5.91 Å². The first-order valence-corrected chi connectivity index (χ1v) is 8.86. The molecule has 0 aliphatic carbocycles. The van der Waals surface area contributed by atoms with Gasteiger partial charge >= 0.3 is 0 Å². The highest BCUT2D eigenvalue weighted by molar-refractivity contribution is 7.99. The van der Waals surface area contributed by atoms with E-state index >= 15 is 0 Å². The van der Waals surface area contributed by atoms with Crippen molar-refractivity contribution in [3.05, 3.63) is 51.9 Å². The maximum atomic E-state index is 12.0. The number of aromatic nitrogens is 1. The Hall–Kier alpha value is -1.79. The monoisotopic (exact) mass is 331 g/mol. The van der Waals surface area contributed by atoms with Gasteiger partial charge in [0.05, 0.1) is 11.4 Å². The molecule has 0 atom stereocenters. The van der Waals surface area contributed by atoms with E-state index in [0.29, 0.717) is 12.3 Å². The van der Waals surface area contributed by atoms with Crippen LogP contribution in [-0.4, -0.2) is 16.8 Å². The number of nitrogens with one attached hydrogen (secondary N) is 2. The molecule has 0 unspecified atom stereocenters. The van der Waals surface area contributed by atoms with E-state index in [1.807, 2.05) is 13.8 Å². The van der Waals surface area contributed by atoms with Gasteiger partial charge in [0, 0.05) is 31.0 Å². The van der Waals surface area contributed by atoms with Gasteiger partial charge in [0.1, 0.15) is 5.76 Å². The van der Waals surface area contributed by atoms with E-state index < -0.39 is 0 Å². The molecule has 2 aromatic rings. The van der Waals surface area contributed by atoms with Crippen LogP contribution in [-0.2, 0) is 30.2 Å². The summed E-state index contributed by atoms with van der Waals surface area (Å²) in [6.07, 6.45) is 0. The van der Waals surface area contributed by atoms with Crippen LogP contribution in [0.1, 0.15) is 33.7 Å². The molecule has 3 rings (SSSR count). The molecular formula is C17H21N3O2S. The summed E-state index contributed by atoms with van der Waals surface area (Å²) < 4.78 is 5.13. The fourth-order valence-electron chi connectivity index (χ4n) is 2.66. The SMILES string of the molecule is Cc1noc(C)c1CSCC(=O)NCc1ccc2c(c1)CNC2. The zero-order valence-corrected chi connectivity index (χ0v) is 14.3. The summed E-state index contributed by atoms with van der Waals surface area (Å²) >= 11 is 1.58. The summed E-state index contributed by atoms with van der Waals surface area (Å²) in [5, 5.41) is 10.2. The molecule has 0 bridgehead atoms. The van der Waals surface area contributed by atoms with Crippen LogP contribution in [0.4, 0.5) is 0 Å². The summed E-state index contributed by atoms with van der Waals surface area (Å²) in [6.45, 7) is 6.27. The van der Waals surface area contributed by atoms with Gasteiger partial charge in [0.15, 0.2) is 0 Å². The van der Waals surface area contributed by atoms with E-state index in [4.69, 9.17) is 4.52 Å². The maximum absolute atomic E-state index is 12.0. The van der Waals surface area contributed by atoms with Gasteiger partial charge in [-0.15, -0.1) is 11.8 Å². The van der Waals surface area contributed by atoms with Crippen molar-refractivity contribution in [2.45, 2.75) is 39.2 Å². The van der Waals surface area contributed by atoms with Crippen molar-refractivity contribution in [1.29, 1.82) is 0 Å². The highest BCUT2D eigenvalue weighted by Gasteiger charge is 2.12. The Kier molecular flexibility index (Phi) is 5.03. The van der Waals surface area contributed by atoms with E-state index in [1.54, 1.807) is 11.8 Å². The summed E-state index contributed by atoms with van der Waals surface area (Å²) in [5.74, 6) is 2.08. The molecule has 5 nitrogen and oxygen atoms in total. The first-order valence-electron chi connectivity index (χ1n) is 7.71. The second kappa shape index (κ2) is 7.19. The molecule has 0 spiro atoms. The number of aryl methyl sites for hydroxylation is 2. The van der Waals surface area contributed by atoms with Gasteiger partial charge < -0.3 is 15.2 Å². The fourth-order valence-corrected chi connectivity index (χ4v) is 3.67. The van der Waals surface area contributed by atoms with Gasteiger partial charge in [-0.3, -0.25) is 4.79 Å². The lowest BCUT2D eigenvalue weighted by molar-refractivity contribution is -0.118. The van der Waals surface area contributed by atoms with Crippen LogP contribution in [0.3, 0.4) is 0 Å². The summed E-state index contributed by atoms with van der Waals surface area (Å²) in [7, 11) is 0. The van der Waals surface area contributed by atoms with Crippen LogP contribution in [0, 0.1) is 13.8 Å². The second-order valence-electron chi connectivity index (χ2n) is 5.78. The Morgan fingerprint density at radius 3 is 2.96 bits per heavy atom. The number of carbonyl (C=O) groups is 1. The molecule has 6 heteroatoms. The zero-order valence-electron chi connectivity index (χ0n) is 13.4. The van der Waals surface area contributed by atoms with Crippen LogP contribution >= 0.6 is 11.8 Å². The molecule has 23 heavy (non-hydrogen) atoms. The Labute approximate surface area is 140 Å². The number of thioether (sulfide) groups is 1. The molecule has 2 N–H and O–H groups in total. The van der Waals surface area contributed by atoms with Crippen LogP contribution < -0.4 is 10.6 Å². The van der Waals surface area contributed by atoms with Crippen molar-refractivity contribution in [2.75, 3.05) is 5.75 Å². The number of nitrogens with zero attached hydrogens (tertiary/aromatic N) is 1. The lowest BCUT2D eigenvalue weighted by Gasteiger charge is -2.07. The first-order chi connectivity index (χ1) is 11.1. The molecular weight excluding hydrogens is 310 g/mol. The number of amides is 1. The van der Waals surface area contributed by atoms with Crippen LogP contribution in [0.2, 0.25) is 0 Å². The molecule has 2 heterocycles. The summed E-state index contributed by atoms with van der Waals surface area (Å²) in [5.41, 5.74) is 5.84. The standard InChI is InChI=1S/C17H21N3O2S/c1-11-16(12(2)22-20-11)9-23-10-17(21)19-6-13-3-4-14-7-18-8-15(14)5-13/h3-5,18H,6-10H2,1-2H3,(H,19,21). The summed E-state index contributed by atoms with van der Waals surface area (Å²) in [4.78, 5) is 12.0. The number of rotatable bonds is 6. The van der Waals surface area contributed by atoms with Crippen LogP contribution in [0.5, 0.6) is 0 Å². The molecule has 1 amide bonds. The zero-order chi connectivity index (χ0) is 16.2. The smallest absolute Gasteiger partial charge is 0.230 e. The maximum Gasteiger partial charge on any atom is 0.230 e. The van der Waals surface area contributed by atoms with Crippen LogP contribution in [0.15, 0.2) is 22.7 Å². The molecule has 0 saturated heterocycles. The van der Waals surface area contributed by atoms with Gasteiger partial charge in [0.25, 0.3) is 0 Å². The normalized spacial score (nSPS) is 13.1. The minimum Gasteiger partial charge on any atom is -0.361 e. The molecule has 0 saturated carbocycles. The van der Waals surface area contributed by atoms with Gasteiger partial charge in [0.2, 0.25) is 5.91 Å². The predicted octanol–water partition coefficient (Wildman–Crippen LogP) is 2.44. The minimum atomic E-state index is 0.0559. The topological polar surface area (TPSA) is 67.2 Å². The van der Waals surface area contributed by atoms with Crippen molar-refractivity contribution >= 4 is 17.7 Å². The van der Waals surface area contributed by atoms with Gasteiger partial charge in [-0.1, -0.05) is 23.4 Å². The number of benzene rings is 1. The quantitative estimate of drug-likeness (QED) is 0.851. The third-order valence-corrected chi connectivity index (χ3v) is 5.01. The average molecular weight is 331 g/mol. The van der Waals surface area contributed by atoms with Gasteiger partial charge in [-0.25, -0.2) is 0 Å². The minimum absolute atomic E-state index is 0.0559. The molecule has 0 fully saturated rings. The molecule has 1 aromatic heterocycles. The third kappa shape index (κ3) is 3.95. The average Bonchev–Trinajstić information content (AvgIpc) is 3.13. The van der Waals surface area contributed by atoms with E-state index in [9.17, 15) is 4.79 Å². The van der Waals surface area contributed by atoms with E-state index in [2.05, 4.69) is 34.0 Å². The van der Waals surface area contributed by atoms with Gasteiger partial charge in [-0.05, 0) is 30.5 Å². The van der Waals surface area contributed by atoms with Crippen molar-refractivity contribution in [1.82, 2.24) is 15.8 Å².